The maximum Gasteiger partial charge on any atom is 0.187 e. The van der Waals surface area contributed by atoms with Gasteiger partial charge in [-0.25, -0.2) is 9.97 Å². The lowest BCUT2D eigenvalue weighted by atomic mass is 10.0. The van der Waals surface area contributed by atoms with Crippen molar-refractivity contribution in [1.29, 1.82) is 0 Å². The summed E-state index contributed by atoms with van der Waals surface area (Å²) in [5.74, 6) is 3.07. The summed E-state index contributed by atoms with van der Waals surface area (Å²) >= 11 is 0. The van der Waals surface area contributed by atoms with Crippen LogP contribution in [0, 0.1) is 6.92 Å². The number of piperazine rings is 1. The second-order valence-electron chi connectivity index (χ2n) is 9.89. The zero-order valence-electron chi connectivity index (χ0n) is 22.1. The first-order valence-electron chi connectivity index (χ1n) is 12.3. The van der Waals surface area contributed by atoms with Crippen molar-refractivity contribution in [2.24, 2.45) is 0 Å². The third-order valence-corrected chi connectivity index (χ3v) is 6.14. The van der Waals surface area contributed by atoms with Gasteiger partial charge in [-0.15, -0.1) is 0 Å². The van der Waals surface area contributed by atoms with Crippen LogP contribution in [0.5, 0.6) is 0 Å². The summed E-state index contributed by atoms with van der Waals surface area (Å²) in [4.78, 5) is 29.1. The van der Waals surface area contributed by atoms with E-state index in [0.29, 0.717) is 23.6 Å². The quantitative estimate of drug-likeness (QED) is 0.365. The lowest BCUT2D eigenvalue weighted by molar-refractivity contribution is 0.104. The summed E-state index contributed by atoms with van der Waals surface area (Å²) in [5, 5.41) is 10.6. The Morgan fingerprint density at radius 1 is 1.08 bits per heavy atom. The minimum Gasteiger partial charge on any atom is -0.377 e. The lowest BCUT2D eigenvalue weighted by Gasteiger charge is -2.33. The lowest BCUT2D eigenvalue weighted by Crippen LogP contribution is -2.44. The number of aromatic amines is 1. The molecule has 0 bridgehead atoms. The first-order valence-corrected chi connectivity index (χ1v) is 12.3. The molecule has 9 heteroatoms. The first kappa shape index (κ1) is 25.4. The minimum atomic E-state index is 0.0133. The number of nitrogens with one attached hydrogen (secondary N) is 2. The fourth-order valence-corrected chi connectivity index (χ4v) is 4.23. The number of ketones is 1. The van der Waals surface area contributed by atoms with Gasteiger partial charge in [0.1, 0.15) is 17.5 Å². The monoisotopic (exact) mass is 488 g/mol. The number of H-pyrrole nitrogens is 1. The average Bonchev–Trinajstić information content (AvgIpc) is 3.23. The van der Waals surface area contributed by atoms with Gasteiger partial charge < -0.3 is 20.0 Å². The van der Waals surface area contributed by atoms with Crippen LogP contribution in [0.4, 0.5) is 23.1 Å². The van der Waals surface area contributed by atoms with Crippen molar-refractivity contribution < 1.29 is 4.79 Å². The van der Waals surface area contributed by atoms with Crippen molar-refractivity contribution in [3.05, 3.63) is 64.6 Å². The van der Waals surface area contributed by atoms with Crippen molar-refractivity contribution in [1.82, 2.24) is 25.1 Å². The third-order valence-electron chi connectivity index (χ3n) is 6.14. The number of benzene rings is 1. The molecule has 0 amide bonds. The van der Waals surface area contributed by atoms with Crippen molar-refractivity contribution in [3.63, 3.8) is 0 Å². The normalized spacial score (nSPS) is 14.0. The molecule has 0 aliphatic carbocycles. The smallest absolute Gasteiger partial charge is 0.187 e. The van der Waals surface area contributed by atoms with Crippen LogP contribution in [0.3, 0.4) is 0 Å². The number of likely N-dealkylation sites (N-methyl/N-ethyl adjacent to an activating group) is 1. The fraction of sp³-hybridized carbons (Fsp3) is 0.407. The van der Waals surface area contributed by atoms with Gasteiger partial charge in [-0.3, -0.25) is 9.89 Å². The Kier molecular flexibility index (Phi) is 7.69. The third kappa shape index (κ3) is 6.28. The van der Waals surface area contributed by atoms with E-state index in [1.807, 2.05) is 64.0 Å². The summed E-state index contributed by atoms with van der Waals surface area (Å²) < 4.78 is 0. The molecule has 36 heavy (non-hydrogen) atoms. The predicted octanol–water partition coefficient (Wildman–Crippen LogP) is 3.81. The molecule has 0 saturated carbocycles. The highest BCUT2D eigenvalue weighted by atomic mass is 16.1. The zero-order valence-corrected chi connectivity index (χ0v) is 22.1. The van der Waals surface area contributed by atoms with Gasteiger partial charge in [-0.2, -0.15) is 5.10 Å². The molecular formula is C27H36N8O. The number of aromatic nitrogens is 4. The molecule has 3 heterocycles. The van der Waals surface area contributed by atoms with E-state index in [2.05, 4.69) is 38.4 Å². The molecule has 190 valence electrons. The molecule has 2 N–H and O–H groups in total. The number of rotatable bonds is 8. The van der Waals surface area contributed by atoms with E-state index in [9.17, 15) is 4.79 Å². The molecular weight excluding hydrogens is 452 g/mol. The Morgan fingerprint density at radius 3 is 2.47 bits per heavy atom. The van der Waals surface area contributed by atoms with Gasteiger partial charge in [0.15, 0.2) is 11.6 Å². The number of nitrogens with zero attached hydrogens (tertiary/aromatic N) is 6. The number of hydrogen-bond donors (Lipinski definition) is 2. The highest BCUT2D eigenvalue weighted by molar-refractivity contribution is 6.08. The highest BCUT2D eigenvalue weighted by Gasteiger charge is 2.18. The van der Waals surface area contributed by atoms with Crippen LogP contribution < -0.4 is 15.1 Å². The summed E-state index contributed by atoms with van der Waals surface area (Å²) in [6.07, 6.45) is 2.23. The fourth-order valence-electron chi connectivity index (χ4n) is 4.23. The van der Waals surface area contributed by atoms with Gasteiger partial charge in [-0.1, -0.05) is 11.6 Å². The molecule has 9 nitrogen and oxygen atoms in total. The first-order chi connectivity index (χ1) is 17.2. The Balaban J connectivity index is 1.66. The zero-order chi connectivity index (χ0) is 25.8. The van der Waals surface area contributed by atoms with Crippen LogP contribution in [0.1, 0.15) is 41.3 Å². The van der Waals surface area contributed by atoms with Crippen LogP contribution in [-0.2, 0) is 6.42 Å². The Morgan fingerprint density at radius 2 is 1.83 bits per heavy atom. The van der Waals surface area contributed by atoms with E-state index >= 15 is 0 Å². The molecule has 0 spiro atoms. The van der Waals surface area contributed by atoms with Gasteiger partial charge in [0.2, 0.25) is 0 Å². The summed E-state index contributed by atoms with van der Waals surface area (Å²) in [6, 6.07) is 9.90. The molecule has 1 saturated heterocycles. The Labute approximate surface area is 213 Å². The van der Waals surface area contributed by atoms with Crippen molar-refractivity contribution >= 4 is 28.9 Å². The maximum absolute atomic E-state index is 12.8. The van der Waals surface area contributed by atoms with Crippen molar-refractivity contribution in [2.75, 3.05) is 62.4 Å². The summed E-state index contributed by atoms with van der Waals surface area (Å²) in [6.45, 7) is 9.65. The second kappa shape index (κ2) is 10.9. The maximum atomic E-state index is 12.8. The molecule has 3 aromatic rings. The molecule has 2 aromatic heterocycles. The number of carbonyl (C=O) groups is 1. The van der Waals surface area contributed by atoms with Gasteiger partial charge in [0.05, 0.1) is 0 Å². The molecule has 4 rings (SSSR count). The number of allylic oxidation sites excluding steroid dienone is 2. The van der Waals surface area contributed by atoms with E-state index in [-0.39, 0.29) is 5.78 Å². The number of anilines is 4. The van der Waals surface area contributed by atoms with Gasteiger partial charge in [0.25, 0.3) is 0 Å². The second-order valence-corrected chi connectivity index (χ2v) is 9.89. The van der Waals surface area contributed by atoms with E-state index in [1.165, 1.54) is 0 Å². The van der Waals surface area contributed by atoms with Gasteiger partial charge in [0, 0.05) is 75.8 Å². The van der Waals surface area contributed by atoms with E-state index in [1.54, 1.807) is 6.08 Å². The molecule has 0 unspecified atom stereocenters. The molecule has 1 aliphatic heterocycles. The summed E-state index contributed by atoms with van der Waals surface area (Å²) in [7, 11) is 6.05. The topological polar surface area (TPSA) is 93.3 Å². The van der Waals surface area contributed by atoms with Crippen molar-refractivity contribution in [2.45, 2.75) is 27.2 Å². The molecule has 0 atom stereocenters. The van der Waals surface area contributed by atoms with Crippen LogP contribution in [-0.4, -0.2) is 78.2 Å². The van der Waals surface area contributed by atoms with Gasteiger partial charge >= 0.3 is 0 Å². The average molecular weight is 489 g/mol. The van der Waals surface area contributed by atoms with Crippen molar-refractivity contribution in [3.8, 4) is 0 Å². The van der Waals surface area contributed by atoms with Crippen LogP contribution in [0.15, 0.2) is 42.0 Å². The van der Waals surface area contributed by atoms with Crippen LogP contribution >= 0.6 is 0 Å². The van der Waals surface area contributed by atoms with E-state index in [0.717, 1.165) is 60.3 Å². The molecule has 0 radical (unpaired) electrons. The number of hydrogen-bond acceptors (Lipinski definition) is 8. The Bertz CT molecular complexity index is 1250. The van der Waals surface area contributed by atoms with Crippen LogP contribution in [0.2, 0.25) is 0 Å². The van der Waals surface area contributed by atoms with E-state index in [4.69, 9.17) is 9.97 Å². The molecule has 1 aromatic carbocycles. The van der Waals surface area contributed by atoms with Gasteiger partial charge in [-0.05, 0) is 51.6 Å². The highest BCUT2D eigenvalue weighted by Crippen LogP contribution is 2.25. The largest absolute Gasteiger partial charge is 0.377 e. The standard InChI is InChI=1S/C27H36N8O/c1-18(2)13-23(36)21-8-7-20(15-22(21)33(4)5)16-24-28-25(29-26-14-19(3)31-32-26)17-27(30-24)35-11-9-34(6)10-12-35/h7-8,13-15,17H,9-12,16H2,1-6H3,(H2,28,29,30,31,32). The SMILES string of the molecule is CC(C)=CC(=O)c1ccc(Cc2nc(Nc3cc(C)[nH]n3)cc(N3CCN(C)CC3)n2)cc1N(C)C. The van der Waals surface area contributed by atoms with Crippen LogP contribution in [0.25, 0.3) is 0 Å². The summed E-state index contributed by atoms with van der Waals surface area (Å²) in [5.41, 5.74) is 4.58. The number of carbonyl (C=O) groups excluding carboxylic acids is 1. The number of aryl methyl sites for hydroxylation is 1. The minimum absolute atomic E-state index is 0.0133. The Hall–Kier alpha value is -3.72. The van der Waals surface area contributed by atoms with E-state index < -0.39 is 0 Å². The molecule has 1 aliphatic rings. The molecule has 1 fully saturated rings. The predicted molar refractivity (Wildman–Crippen MR) is 146 cm³/mol.